The van der Waals surface area contributed by atoms with E-state index in [0.717, 1.165) is 5.56 Å². The van der Waals surface area contributed by atoms with E-state index in [1.807, 2.05) is 30.3 Å². The maximum atomic E-state index is 14.6. The molecule has 0 aliphatic heterocycles. The summed E-state index contributed by atoms with van der Waals surface area (Å²) in [7, 11) is 1.38. The predicted molar refractivity (Wildman–Crippen MR) is 83.0 cm³/mol. The predicted octanol–water partition coefficient (Wildman–Crippen LogP) is 2.37. The number of carboxylic acid groups (broad SMARTS) is 1. The third-order valence-corrected chi connectivity index (χ3v) is 3.36. The summed E-state index contributed by atoms with van der Waals surface area (Å²) in [5, 5.41) is 8.90. The van der Waals surface area contributed by atoms with Crippen molar-refractivity contribution in [2.24, 2.45) is 5.73 Å². The summed E-state index contributed by atoms with van der Waals surface area (Å²) in [5.74, 6) is -1.59. The summed E-state index contributed by atoms with van der Waals surface area (Å²) in [4.78, 5) is 10.9. The van der Waals surface area contributed by atoms with Gasteiger partial charge in [0.05, 0.1) is 7.11 Å². The highest BCUT2D eigenvalue weighted by Crippen LogP contribution is 2.30. The van der Waals surface area contributed by atoms with Gasteiger partial charge in [0.1, 0.15) is 18.4 Å². The molecule has 0 saturated carbocycles. The first-order valence-electron chi connectivity index (χ1n) is 7.03. The summed E-state index contributed by atoms with van der Waals surface area (Å²) < 4.78 is 25.2. The highest BCUT2D eigenvalue weighted by atomic mass is 19.1. The van der Waals surface area contributed by atoms with Crippen molar-refractivity contribution in [2.75, 3.05) is 7.11 Å². The van der Waals surface area contributed by atoms with E-state index in [2.05, 4.69) is 0 Å². The van der Waals surface area contributed by atoms with E-state index in [1.54, 1.807) is 0 Å². The third-order valence-electron chi connectivity index (χ3n) is 3.36. The van der Waals surface area contributed by atoms with Crippen molar-refractivity contribution < 1.29 is 23.8 Å². The van der Waals surface area contributed by atoms with E-state index in [4.69, 9.17) is 20.3 Å². The lowest BCUT2D eigenvalue weighted by Gasteiger charge is -2.15. The van der Waals surface area contributed by atoms with Crippen molar-refractivity contribution in [1.82, 2.24) is 0 Å². The van der Waals surface area contributed by atoms with Gasteiger partial charge in [-0.15, -0.1) is 0 Å². The lowest BCUT2D eigenvalue weighted by atomic mass is 10.0. The molecule has 23 heavy (non-hydrogen) atoms. The first-order chi connectivity index (χ1) is 11.0. The molecule has 0 radical (unpaired) electrons. The van der Waals surface area contributed by atoms with Gasteiger partial charge in [-0.1, -0.05) is 30.3 Å². The molecule has 0 bridgehead atoms. The highest BCUT2D eigenvalue weighted by molar-refractivity contribution is 5.73. The third kappa shape index (κ3) is 4.20. The van der Waals surface area contributed by atoms with Crippen LogP contribution in [0.4, 0.5) is 4.39 Å². The zero-order valence-electron chi connectivity index (χ0n) is 12.7. The molecule has 0 spiro atoms. The van der Waals surface area contributed by atoms with E-state index in [-0.39, 0.29) is 30.1 Å². The molecule has 5 nitrogen and oxygen atoms in total. The Balaban J connectivity index is 2.22. The van der Waals surface area contributed by atoms with Gasteiger partial charge in [0, 0.05) is 12.0 Å². The number of carbonyl (C=O) groups is 1. The largest absolute Gasteiger partial charge is 0.496 e. The number of nitrogens with two attached hydrogens (primary N) is 1. The van der Waals surface area contributed by atoms with Gasteiger partial charge in [-0.25, -0.2) is 4.39 Å². The smallest absolute Gasteiger partial charge is 0.320 e. The summed E-state index contributed by atoms with van der Waals surface area (Å²) in [6.07, 6.45) is -0.188. The van der Waals surface area contributed by atoms with Gasteiger partial charge in [0.2, 0.25) is 0 Å². The number of carboxylic acids is 1. The SMILES string of the molecule is COc1ccc(OCc2ccccc2)c(F)c1CC(N)C(=O)O. The van der Waals surface area contributed by atoms with Crippen molar-refractivity contribution in [3.8, 4) is 11.5 Å². The van der Waals surface area contributed by atoms with Crippen LogP contribution >= 0.6 is 0 Å². The fraction of sp³-hybridized carbons (Fsp3) is 0.235. The average molecular weight is 319 g/mol. The Morgan fingerprint density at radius 3 is 2.48 bits per heavy atom. The lowest BCUT2D eigenvalue weighted by molar-refractivity contribution is -0.138. The number of halogens is 1. The normalized spacial score (nSPS) is 11.8. The molecular weight excluding hydrogens is 301 g/mol. The number of hydrogen-bond acceptors (Lipinski definition) is 4. The number of ether oxygens (including phenoxy) is 2. The van der Waals surface area contributed by atoms with Crippen LogP contribution in [-0.2, 0) is 17.8 Å². The van der Waals surface area contributed by atoms with Crippen LogP contribution in [0.15, 0.2) is 42.5 Å². The summed E-state index contributed by atoms with van der Waals surface area (Å²) in [5.41, 5.74) is 6.48. The minimum absolute atomic E-state index is 0.0299. The van der Waals surface area contributed by atoms with Crippen LogP contribution in [0.1, 0.15) is 11.1 Å². The van der Waals surface area contributed by atoms with Gasteiger partial charge >= 0.3 is 5.97 Å². The second-order valence-electron chi connectivity index (χ2n) is 4.98. The second kappa shape index (κ2) is 7.60. The molecule has 6 heteroatoms. The standard InChI is InChI=1S/C17H18FNO4/c1-22-14-7-8-15(23-10-11-5-3-2-4-6-11)16(18)12(14)9-13(19)17(20)21/h2-8,13H,9-10,19H2,1H3,(H,20,21). The van der Waals surface area contributed by atoms with Crippen LogP contribution in [0.3, 0.4) is 0 Å². The molecule has 0 saturated heterocycles. The first kappa shape index (κ1) is 16.8. The average Bonchev–Trinajstić information content (AvgIpc) is 2.56. The molecule has 122 valence electrons. The van der Waals surface area contributed by atoms with E-state index >= 15 is 0 Å². The fourth-order valence-corrected chi connectivity index (χ4v) is 2.12. The van der Waals surface area contributed by atoms with Crippen LogP contribution in [0.5, 0.6) is 11.5 Å². The van der Waals surface area contributed by atoms with Crippen molar-refractivity contribution >= 4 is 5.97 Å². The van der Waals surface area contributed by atoms with E-state index in [9.17, 15) is 9.18 Å². The quantitative estimate of drug-likeness (QED) is 0.819. The van der Waals surface area contributed by atoms with Crippen molar-refractivity contribution in [3.05, 3.63) is 59.4 Å². The molecule has 2 aromatic rings. The van der Waals surface area contributed by atoms with Gasteiger partial charge < -0.3 is 20.3 Å². The Bertz CT molecular complexity index is 676. The van der Waals surface area contributed by atoms with Crippen LogP contribution < -0.4 is 15.2 Å². The Morgan fingerprint density at radius 1 is 1.22 bits per heavy atom. The van der Waals surface area contributed by atoms with Crippen molar-refractivity contribution in [1.29, 1.82) is 0 Å². The molecule has 2 aromatic carbocycles. The minimum Gasteiger partial charge on any atom is -0.496 e. The van der Waals surface area contributed by atoms with Crippen LogP contribution in [0, 0.1) is 5.82 Å². The molecule has 1 atom stereocenters. The minimum atomic E-state index is -1.22. The fourth-order valence-electron chi connectivity index (χ4n) is 2.12. The van der Waals surface area contributed by atoms with Gasteiger partial charge in [-0.3, -0.25) is 4.79 Å². The number of rotatable bonds is 7. The molecule has 0 aliphatic carbocycles. The lowest BCUT2D eigenvalue weighted by Crippen LogP contribution is -2.32. The Labute approximate surface area is 133 Å². The van der Waals surface area contributed by atoms with Crippen molar-refractivity contribution in [2.45, 2.75) is 19.1 Å². The van der Waals surface area contributed by atoms with Gasteiger partial charge in [0.25, 0.3) is 0 Å². The zero-order chi connectivity index (χ0) is 16.8. The first-order valence-corrected chi connectivity index (χ1v) is 7.03. The van der Waals surface area contributed by atoms with Gasteiger partial charge in [-0.05, 0) is 17.7 Å². The molecule has 2 rings (SSSR count). The molecular formula is C17H18FNO4. The molecule has 0 aromatic heterocycles. The maximum Gasteiger partial charge on any atom is 0.320 e. The second-order valence-corrected chi connectivity index (χ2v) is 4.98. The Hall–Kier alpha value is -2.60. The molecule has 0 heterocycles. The Morgan fingerprint density at radius 2 is 1.87 bits per heavy atom. The number of benzene rings is 2. The van der Waals surface area contributed by atoms with E-state index in [0.29, 0.717) is 0 Å². The van der Waals surface area contributed by atoms with Gasteiger partial charge in [0.15, 0.2) is 11.6 Å². The number of methoxy groups -OCH3 is 1. The molecule has 0 amide bonds. The Kier molecular flexibility index (Phi) is 5.54. The van der Waals surface area contributed by atoms with Crippen molar-refractivity contribution in [3.63, 3.8) is 0 Å². The molecule has 0 fully saturated rings. The molecule has 1 unspecified atom stereocenters. The number of hydrogen-bond donors (Lipinski definition) is 2. The van der Waals surface area contributed by atoms with E-state index < -0.39 is 17.8 Å². The zero-order valence-corrected chi connectivity index (χ0v) is 12.7. The van der Waals surface area contributed by atoms with Crippen LogP contribution in [-0.4, -0.2) is 24.2 Å². The summed E-state index contributed by atoms with van der Waals surface area (Å²) in [6.45, 7) is 0.203. The summed E-state index contributed by atoms with van der Waals surface area (Å²) in [6, 6.07) is 11.1. The maximum absolute atomic E-state index is 14.6. The van der Waals surface area contributed by atoms with Gasteiger partial charge in [-0.2, -0.15) is 0 Å². The molecule has 3 N–H and O–H groups in total. The van der Waals surface area contributed by atoms with Crippen LogP contribution in [0.2, 0.25) is 0 Å². The molecule has 0 aliphatic rings. The highest BCUT2D eigenvalue weighted by Gasteiger charge is 2.21. The summed E-state index contributed by atoms with van der Waals surface area (Å²) >= 11 is 0. The van der Waals surface area contributed by atoms with Crippen LogP contribution in [0.25, 0.3) is 0 Å². The number of aliphatic carboxylic acids is 1. The van der Waals surface area contributed by atoms with E-state index in [1.165, 1.54) is 19.2 Å². The topological polar surface area (TPSA) is 81.8 Å². The monoisotopic (exact) mass is 319 g/mol.